The van der Waals surface area contributed by atoms with Gasteiger partial charge in [0.1, 0.15) is 26.9 Å². The first-order valence-corrected chi connectivity index (χ1v) is 18.8. The predicted molar refractivity (Wildman–Crippen MR) is 217 cm³/mol. The minimum Gasteiger partial charge on any atom is -0.427 e. The third kappa shape index (κ3) is 6.59. The fourth-order valence-corrected chi connectivity index (χ4v) is 8.25. The van der Waals surface area contributed by atoms with E-state index in [1.807, 2.05) is 12.1 Å². The SMILES string of the molecule is CC(=O)Oc1ccc(C2=C3C=CC(=C(c4cc[n+](C)cc4)C4=CC(=C(c5cc[n+](C)cc5)C5=CC=C(C5)C(c5cc[n+](C)cc5)=C5C=CC2=C5)C=C4)C3)cc1. The lowest BCUT2D eigenvalue weighted by Crippen LogP contribution is -2.26. The Labute approximate surface area is 322 Å². The molecule has 0 unspecified atom stereocenters. The highest BCUT2D eigenvalue weighted by Crippen LogP contribution is 2.47. The Morgan fingerprint density at radius 1 is 0.491 bits per heavy atom. The zero-order valence-electron chi connectivity index (χ0n) is 31.6. The Morgan fingerprint density at radius 3 is 1.31 bits per heavy atom. The summed E-state index contributed by atoms with van der Waals surface area (Å²) in [5.41, 5.74) is 19.4. The van der Waals surface area contributed by atoms with Gasteiger partial charge in [-0.3, -0.25) is 4.79 Å². The number of carbonyl (C=O) groups is 1. The molecule has 0 spiro atoms. The van der Waals surface area contributed by atoms with E-state index < -0.39 is 0 Å². The van der Waals surface area contributed by atoms with Crippen molar-refractivity contribution >= 4 is 28.3 Å². The second-order valence-electron chi connectivity index (χ2n) is 14.8. The zero-order chi connectivity index (χ0) is 37.6. The van der Waals surface area contributed by atoms with Gasteiger partial charge < -0.3 is 4.74 Å². The van der Waals surface area contributed by atoms with Gasteiger partial charge in [0, 0.05) is 43.3 Å². The van der Waals surface area contributed by atoms with E-state index in [-0.39, 0.29) is 5.97 Å². The third-order valence-corrected chi connectivity index (χ3v) is 10.9. The van der Waals surface area contributed by atoms with Crippen molar-refractivity contribution in [2.45, 2.75) is 19.8 Å². The number of carbonyl (C=O) groups excluding carboxylic acids is 1. The zero-order valence-corrected chi connectivity index (χ0v) is 31.6. The van der Waals surface area contributed by atoms with E-state index in [0.29, 0.717) is 5.75 Å². The van der Waals surface area contributed by atoms with Gasteiger partial charge in [-0.2, -0.15) is 0 Å². The monoisotopic (exact) mass is 716 g/mol. The van der Waals surface area contributed by atoms with Gasteiger partial charge >= 0.3 is 5.97 Å². The number of nitrogens with zero attached hydrogens (tertiary/aromatic N) is 3. The largest absolute Gasteiger partial charge is 0.427 e. The Bertz CT molecular complexity index is 2650. The Kier molecular flexibility index (Phi) is 8.63. The molecule has 3 aromatic heterocycles. The molecule has 8 bridgehead atoms. The molecule has 0 atom stereocenters. The molecule has 0 radical (unpaired) electrons. The van der Waals surface area contributed by atoms with Crippen molar-refractivity contribution in [1.29, 1.82) is 0 Å². The van der Waals surface area contributed by atoms with Crippen LogP contribution < -0.4 is 18.4 Å². The van der Waals surface area contributed by atoms with Gasteiger partial charge in [0.15, 0.2) is 37.2 Å². The molecule has 4 aromatic rings. The van der Waals surface area contributed by atoms with Crippen LogP contribution in [0.1, 0.15) is 42.0 Å². The number of aromatic nitrogens is 3. The highest BCUT2D eigenvalue weighted by Gasteiger charge is 2.27. The van der Waals surface area contributed by atoms with Crippen LogP contribution in [-0.4, -0.2) is 5.97 Å². The average molecular weight is 717 g/mol. The van der Waals surface area contributed by atoms with E-state index in [1.165, 1.54) is 84.9 Å². The van der Waals surface area contributed by atoms with E-state index in [1.54, 1.807) is 0 Å². The molecule has 0 N–H and O–H groups in total. The van der Waals surface area contributed by atoms with E-state index in [4.69, 9.17) is 4.74 Å². The van der Waals surface area contributed by atoms with Gasteiger partial charge in [0.2, 0.25) is 0 Å². The molecule has 5 nitrogen and oxygen atoms in total. The van der Waals surface area contributed by atoms with Crippen LogP contribution in [0.3, 0.4) is 0 Å². The van der Waals surface area contributed by atoms with Crippen LogP contribution in [0.15, 0.2) is 203 Å². The molecule has 5 heteroatoms. The lowest BCUT2D eigenvalue weighted by molar-refractivity contribution is -0.671. The van der Waals surface area contributed by atoms with Crippen LogP contribution in [0.2, 0.25) is 0 Å². The number of pyridine rings is 3. The Morgan fingerprint density at radius 2 is 0.891 bits per heavy atom. The second-order valence-corrected chi connectivity index (χ2v) is 14.8. The summed E-state index contributed by atoms with van der Waals surface area (Å²) in [6, 6.07) is 21.3. The van der Waals surface area contributed by atoms with Crippen LogP contribution in [0.4, 0.5) is 0 Å². The summed E-state index contributed by atoms with van der Waals surface area (Å²) in [5, 5.41) is 0. The van der Waals surface area contributed by atoms with Crippen molar-refractivity contribution in [2.75, 3.05) is 0 Å². The first-order chi connectivity index (χ1) is 26.8. The summed E-state index contributed by atoms with van der Waals surface area (Å²) in [6.45, 7) is 1.43. The van der Waals surface area contributed by atoms with Gasteiger partial charge in [0.25, 0.3) is 0 Å². The summed E-state index contributed by atoms with van der Waals surface area (Å²) < 4.78 is 11.7. The summed E-state index contributed by atoms with van der Waals surface area (Å²) in [5.74, 6) is 0.211. The third-order valence-electron chi connectivity index (χ3n) is 10.9. The smallest absolute Gasteiger partial charge is 0.308 e. The molecular formula is C50H42N3O2+3. The maximum Gasteiger partial charge on any atom is 0.308 e. The number of esters is 1. The summed E-state index contributed by atoms with van der Waals surface area (Å²) in [7, 11) is 6.19. The average Bonchev–Trinajstić information content (AvgIpc) is 4.02. The minimum atomic E-state index is -0.328. The molecule has 9 rings (SSSR count). The number of benzene rings is 1. The topological polar surface area (TPSA) is 37.9 Å². The second kappa shape index (κ2) is 13.9. The number of fused-ring (bicyclic) bond motifs is 6. The van der Waals surface area contributed by atoms with Gasteiger partial charge in [-0.05, 0) is 126 Å². The number of hydrogen-bond acceptors (Lipinski definition) is 2. The maximum atomic E-state index is 11.8. The molecule has 1 aromatic carbocycles. The van der Waals surface area contributed by atoms with Crippen LogP contribution in [-0.2, 0) is 25.9 Å². The Balaban J connectivity index is 1.30. The molecule has 0 amide bonds. The fraction of sp³-hybridized carbons (Fsp3) is 0.120. The van der Waals surface area contributed by atoms with Gasteiger partial charge in [0.05, 0.1) is 0 Å². The minimum absolute atomic E-state index is 0.328. The van der Waals surface area contributed by atoms with Crippen molar-refractivity contribution in [3.05, 3.63) is 225 Å². The normalized spacial score (nSPS) is 17.3. The van der Waals surface area contributed by atoms with E-state index >= 15 is 0 Å². The molecule has 0 saturated heterocycles. The quantitative estimate of drug-likeness (QED) is 0.118. The number of rotatable bonds is 5. The summed E-state index contributed by atoms with van der Waals surface area (Å²) in [4.78, 5) is 11.8. The summed E-state index contributed by atoms with van der Waals surface area (Å²) >= 11 is 0. The number of ether oxygens (including phenoxy) is 1. The predicted octanol–water partition coefficient (Wildman–Crippen LogP) is 8.42. The molecule has 0 fully saturated rings. The molecule has 0 aliphatic heterocycles. The Hall–Kier alpha value is -6.72. The number of allylic oxidation sites excluding steroid dienone is 22. The van der Waals surface area contributed by atoms with E-state index in [2.05, 4.69) is 181 Å². The first-order valence-electron chi connectivity index (χ1n) is 18.8. The van der Waals surface area contributed by atoms with Crippen LogP contribution in [0.5, 0.6) is 5.75 Å². The van der Waals surface area contributed by atoms with Crippen molar-refractivity contribution in [3.63, 3.8) is 0 Å². The lowest BCUT2D eigenvalue weighted by atomic mass is 9.87. The summed E-state index contributed by atoms with van der Waals surface area (Å²) in [6.07, 6.45) is 37.5. The first kappa shape index (κ1) is 34.1. The van der Waals surface area contributed by atoms with Crippen molar-refractivity contribution < 1.29 is 23.2 Å². The highest BCUT2D eigenvalue weighted by molar-refractivity contribution is 5.98. The number of aryl methyl sites for hydroxylation is 3. The van der Waals surface area contributed by atoms with Gasteiger partial charge in [-0.15, -0.1) is 0 Å². The van der Waals surface area contributed by atoms with E-state index in [0.717, 1.165) is 24.0 Å². The van der Waals surface area contributed by atoms with Gasteiger partial charge in [-0.25, -0.2) is 13.7 Å². The van der Waals surface area contributed by atoms with Crippen molar-refractivity contribution in [2.24, 2.45) is 21.1 Å². The molecule has 5 aliphatic carbocycles. The highest BCUT2D eigenvalue weighted by atomic mass is 16.5. The van der Waals surface area contributed by atoms with Gasteiger partial charge in [-0.1, -0.05) is 60.7 Å². The standard InChI is InChI=1S/C50H42N3O2/c1-33(54)55-46-15-13-34(14-16-46)47-38-5-7-40(29-38)48(35-17-23-51(2)24-18-35)42-9-11-44(31-42)50(37-21-27-53(4)28-22-37)45-12-10-43(32-45)49(41-8-6-39(47)30-41)36-19-25-52(3)26-20-36/h5-29,32H,30-31H2,1-4H3/q+3. The molecular weight excluding hydrogens is 675 g/mol. The fourth-order valence-electron chi connectivity index (χ4n) is 8.25. The maximum absolute atomic E-state index is 11.8. The molecule has 3 heterocycles. The van der Waals surface area contributed by atoms with E-state index in [9.17, 15) is 4.79 Å². The van der Waals surface area contributed by atoms with Crippen LogP contribution >= 0.6 is 0 Å². The molecule has 0 saturated carbocycles. The van der Waals surface area contributed by atoms with Crippen LogP contribution in [0.25, 0.3) is 22.3 Å². The molecule has 55 heavy (non-hydrogen) atoms. The van der Waals surface area contributed by atoms with Crippen molar-refractivity contribution in [1.82, 2.24) is 0 Å². The molecule has 266 valence electrons. The van der Waals surface area contributed by atoms with Crippen LogP contribution in [0, 0.1) is 0 Å². The molecule has 5 aliphatic rings. The number of hydrogen-bond donors (Lipinski definition) is 0. The lowest BCUT2D eigenvalue weighted by Gasteiger charge is -2.17. The van der Waals surface area contributed by atoms with Crippen molar-refractivity contribution in [3.8, 4) is 5.75 Å².